The van der Waals surface area contributed by atoms with Crippen molar-refractivity contribution in [1.29, 1.82) is 0 Å². The summed E-state index contributed by atoms with van der Waals surface area (Å²) in [5, 5.41) is 0.874. The van der Waals surface area contributed by atoms with Crippen LogP contribution in [-0.4, -0.2) is 22.8 Å². The minimum atomic E-state index is -0.772. The van der Waals surface area contributed by atoms with Crippen molar-refractivity contribution in [3.05, 3.63) is 47.7 Å². The summed E-state index contributed by atoms with van der Waals surface area (Å²) in [6.45, 7) is 3.52. The zero-order chi connectivity index (χ0) is 16.4. The fourth-order valence-electron chi connectivity index (χ4n) is 3.13. The van der Waals surface area contributed by atoms with Crippen molar-refractivity contribution >= 4 is 22.7 Å². The lowest BCUT2D eigenvalue weighted by molar-refractivity contribution is -0.151. The highest BCUT2D eigenvalue weighted by molar-refractivity contribution is 6.11. The van der Waals surface area contributed by atoms with E-state index in [2.05, 4.69) is 11.1 Å². The maximum atomic E-state index is 12.7. The number of H-pyrrole nitrogens is 1. The molecule has 0 bridgehead atoms. The first kappa shape index (κ1) is 15.5. The summed E-state index contributed by atoms with van der Waals surface area (Å²) in [6, 6.07) is 7.67. The van der Waals surface area contributed by atoms with Gasteiger partial charge in [0.05, 0.1) is 5.92 Å². The van der Waals surface area contributed by atoms with Crippen molar-refractivity contribution in [2.75, 3.05) is 0 Å². The third-order valence-electron chi connectivity index (χ3n) is 4.40. The average molecular weight is 311 g/mol. The van der Waals surface area contributed by atoms with Crippen LogP contribution in [0, 0.1) is 12.8 Å². The van der Waals surface area contributed by atoms with Gasteiger partial charge < -0.3 is 9.72 Å². The Kier molecular flexibility index (Phi) is 4.33. The Hall–Kier alpha value is -2.36. The number of fused-ring (bicyclic) bond motifs is 1. The molecule has 0 saturated heterocycles. The highest BCUT2D eigenvalue weighted by atomic mass is 16.5. The van der Waals surface area contributed by atoms with E-state index in [0.29, 0.717) is 12.0 Å². The minimum absolute atomic E-state index is 0.126. The van der Waals surface area contributed by atoms with Crippen LogP contribution in [0.1, 0.15) is 42.2 Å². The zero-order valence-electron chi connectivity index (χ0n) is 13.5. The summed E-state index contributed by atoms with van der Waals surface area (Å²) >= 11 is 0. The maximum Gasteiger partial charge on any atom is 0.309 e. The Balaban J connectivity index is 1.77. The SMILES string of the molecule is Cc1[nH]c2ccccc2c1C(=O)[C@@H](C)OC(=O)[C@@H]1CC=CCC1. The van der Waals surface area contributed by atoms with E-state index in [9.17, 15) is 9.59 Å². The smallest absolute Gasteiger partial charge is 0.309 e. The summed E-state index contributed by atoms with van der Waals surface area (Å²) in [4.78, 5) is 28.2. The first-order chi connectivity index (χ1) is 11.1. The van der Waals surface area contributed by atoms with E-state index in [1.807, 2.05) is 37.3 Å². The summed E-state index contributed by atoms with van der Waals surface area (Å²) in [7, 11) is 0. The number of hydrogen-bond donors (Lipinski definition) is 1. The number of nitrogens with one attached hydrogen (secondary N) is 1. The number of para-hydroxylation sites is 1. The molecule has 23 heavy (non-hydrogen) atoms. The molecule has 1 aromatic carbocycles. The van der Waals surface area contributed by atoms with E-state index >= 15 is 0 Å². The summed E-state index contributed by atoms with van der Waals surface area (Å²) < 4.78 is 5.44. The molecular weight excluding hydrogens is 290 g/mol. The van der Waals surface area contributed by atoms with Crippen LogP contribution in [0.4, 0.5) is 0 Å². The first-order valence-electron chi connectivity index (χ1n) is 8.05. The summed E-state index contributed by atoms with van der Waals surface area (Å²) in [5.74, 6) is -0.549. The molecule has 2 aromatic rings. The van der Waals surface area contributed by atoms with Crippen molar-refractivity contribution < 1.29 is 14.3 Å². The van der Waals surface area contributed by atoms with Gasteiger partial charge in [0, 0.05) is 22.2 Å². The van der Waals surface area contributed by atoms with Crippen LogP contribution in [0.15, 0.2) is 36.4 Å². The van der Waals surface area contributed by atoms with Crippen molar-refractivity contribution in [3.63, 3.8) is 0 Å². The van der Waals surface area contributed by atoms with Gasteiger partial charge in [0.2, 0.25) is 5.78 Å². The molecule has 3 rings (SSSR count). The van der Waals surface area contributed by atoms with Gasteiger partial charge in [-0.2, -0.15) is 0 Å². The van der Waals surface area contributed by atoms with Crippen LogP contribution < -0.4 is 0 Å². The van der Waals surface area contributed by atoms with Crippen molar-refractivity contribution in [1.82, 2.24) is 4.98 Å². The Morgan fingerprint density at radius 1 is 1.26 bits per heavy atom. The lowest BCUT2D eigenvalue weighted by Gasteiger charge is -2.19. The number of rotatable bonds is 4. The number of Topliss-reactive ketones (excluding diaryl/α,β-unsaturated/α-hetero) is 1. The predicted octanol–water partition coefficient (Wildman–Crippen LogP) is 3.95. The maximum absolute atomic E-state index is 12.7. The lowest BCUT2D eigenvalue weighted by Crippen LogP contribution is -2.29. The van der Waals surface area contributed by atoms with Crippen molar-refractivity contribution in [2.45, 2.75) is 39.2 Å². The summed E-state index contributed by atoms with van der Waals surface area (Å²) in [5.41, 5.74) is 2.34. The molecule has 0 unspecified atom stereocenters. The fraction of sp³-hybridized carbons (Fsp3) is 0.368. The van der Waals surface area contributed by atoms with Crippen LogP contribution in [-0.2, 0) is 9.53 Å². The molecule has 0 saturated carbocycles. The Bertz CT molecular complexity index is 772. The first-order valence-corrected chi connectivity index (χ1v) is 8.05. The van der Waals surface area contributed by atoms with Gasteiger partial charge in [-0.1, -0.05) is 30.4 Å². The predicted molar refractivity (Wildman–Crippen MR) is 89.4 cm³/mol. The average Bonchev–Trinajstić information content (AvgIpc) is 2.90. The van der Waals surface area contributed by atoms with Crippen LogP contribution in [0.5, 0.6) is 0 Å². The number of hydrogen-bond acceptors (Lipinski definition) is 3. The molecule has 4 heteroatoms. The van der Waals surface area contributed by atoms with E-state index < -0.39 is 6.10 Å². The third kappa shape index (κ3) is 3.07. The molecule has 0 aliphatic heterocycles. The topological polar surface area (TPSA) is 59.2 Å². The second kappa shape index (κ2) is 6.41. The Morgan fingerprint density at radius 2 is 2.04 bits per heavy atom. The van der Waals surface area contributed by atoms with Crippen LogP contribution in [0.2, 0.25) is 0 Å². The number of carbonyl (C=O) groups is 2. The molecule has 2 atom stereocenters. The number of allylic oxidation sites excluding steroid dienone is 2. The molecule has 0 amide bonds. The van der Waals surface area contributed by atoms with E-state index in [0.717, 1.165) is 29.4 Å². The highest BCUT2D eigenvalue weighted by Gasteiger charge is 2.27. The van der Waals surface area contributed by atoms with Gasteiger partial charge in [0.25, 0.3) is 0 Å². The molecule has 1 aliphatic carbocycles. The molecule has 1 heterocycles. The fourth-order valence-corrected chi connectivity index (χ4v) is 3.13. The molecule has 0 spiro atoms. The minimum Gasteiger partial charge on any atom is -0.454 e. The largest absolute Gasteiger partial charge is 0.454 e. The number of esters is 1. The number of aromatic amines is 1. The van der Waals surface area contributed by atoms with Gasteiger partial charge in [-0.15, -0.1) is 0 Å². The van der Waals surface area contributed by atoms with Crippen LogP contribution >= 0.6 is 0 Å². The molecule has 1 N–H and O–H groups in total. The molecule has 4 nitrogen and oxygen atoms in total. The van der Waals surface area contributed by atoms with Gasteiger partial charge in [-0.3, -0.25) is 9.59 Å². The number of aryl methyl sites for hydroxylation is 1. The normalized spacial score (nSPS) is 18.8. The van der Waals surface area contributed by atoms with Gasteiger partial charge >= 0.3 is 5.97 Å². The number of aromatic nitrogens is 1. The molecular formula is C19H21NO3. The monoisotopic (exact) mass is 311 g/mol. The Labute approximate surface area is 135 Å². The standard InChI is InChI=1S/C19H21NO3/c1-12-17(15-10-6-7-11-16(15)20-12)18(21)13(2)23-19(22)14-8-4-3-5-9-14/h3-4,6-7,10-11,13-14,20H,5,8-9H2,1-2H3/t13-,14-/m1/s1. The molecule has 120 valence electrons. The van der Waals surface area contributed by atoms with Crippen LogP contribution in [0.25, 0.3) is 10.9 Å². The molecule has 0 radical (unpaired) electrons. The second-order valence-electron chi connectivity index (χ2n) is 6.10. The Morgan fingerprint density at radius 3 is 2.78 bits per heavy atom. The van der Waals surface area contributed by atoms with E-state index in [-0.39, 0.29) is 17.7 Å². The quantitative estimate of drug-likeness (QED) is 0.528. The van der Waals surface area contributed by atoms with E-state index in [4.69, 9.17) is 4.74 Å². The second-order valence-corrected chi connectivity index (χ2v) is 6.10. The number of benzene rings is 1. The highest BCUT2D eigenvalue weighted by Crippen LogP contribution is 2.25. The van der Waals surface area contributed by atoms with Crippen molar-refractivity contribution in [3.8, 4) is 0 Å². The number of carbonyl (C=O) groups excluding carboxylic acids is 2. The lowest BCUT2D eigenvalue weighted by atomic mass is 9.94. The zero-order valence-corrected chi connectivity index (χ0v) is 13.5. The number of ether oxygens (including phenoxy) is 1. The molecule has 1 aromatic heterocycles. The van der Waals surface area contributed by atoms with Gasteiger partial charge in [0.15, 0.2) is 6.10 Å². The third-order valence-corrected chi connectivity index (χ3v) is 4.40. The van der Waals surface area contributed by atoms with Crippen LogP contribution in [0.3, 0.4) is 0 Å². The molecule has 1 aliphatic rings. The summed E-state index contributed by atoms with van der Waals surface area (Å²) in [6.07, 6.45) is 5.70. The van der Waals surface area contributed by atoms with Gasteiger partial charge in [0.1, 0.15) is 0 Å². The number of ketones is 1. The van der Waals surface area contributed by atoms with E-state index in [1.165, 1.54) is 0 Å². The van der Waals surface area contributed by atoms with E-state index in [1.54, 1.807) is 6.92 Å². The van der Waals surface area contributed by atoms with Gasteiger partial charge in [-0.05, 0) is 39.2 Å². The van der Waals surface area contributed by atoms with Gasteiger partial charge in [-0.25, -0.2) is 0 Å². The van der Waals surface area contributed by atoms with Crippen molar-refractivity contribution in [2.24, 2.45) is 5.92 Å². The molecule has 0 fully saturated rings.